The molecule has 0 aromatic heterocycles. The van der Waals surface area contributed by atoms with Crippen LogP contribution < -0.4 is 10.1 Å². The van der Waals surface area contributed by atoms with Crippen molar-refractivity contribution in [2.75, 3.05) is 12.4 Å². The number of nitrogens with one attached hydrogen (secondary N) is 1. The fourth-order valence-electron chi connectivity index (χ4n) is 2.67. The minimum absolute atomic E-state index is 0.205. The largest absolute Gasteiger partial charge is 0.489 e. The Bertz CT molecular complexity index is 955. The summed E-state index contributed by atoms with van der Waals surface area (Å²) >= 11 is 12.5. The van der Waals surface area contributed by atoms with Crippen molar-refractivity contribution in [1.29, 1.82) is 0 Å². The van der Waals surface area contributed by atoms with Crippen LogP contribution in [0, 0.1) is 0 Å². The zero-order valence-electron chi connectivity index (χ0n) is 15.2. The maximum atomic E-state index is 11.5. The number of methoxy groups -OCH3 is 1. The van der Waals surface area contributed by atoms with Gasteiger partial charge in [-0.15, -0.1) is 0 Å². The predicted molar refractivity (Wildman–Crippen MR) is 113 cm³/mol. The number of benzene rings is 3. The molecule has 0 aliphatic rings. The van der Waals surface area contributed by atoms with Gasteiger partial charge in [-0.1, -0.05) is 59.6 Å². The number of carbonyl (C=O) groups is 1. The molecule has 28 heavy (non-hydrogen) atoms. The van der Waals surface area contributed by atoms with Crippen molar-refractivity contribution < 1.29 is 14.3 Å². The molecule has 0 amide bonds. The fraction of sp³-hybridized carbons (Fsp3) is 0.136. The van der Waals surface area contributed by atoms with Crippen molar-refractivity contribution in [2.45, 2.75) is 13.0 Å². The van der Waals surface area contributed by atoms with Crippen LogP contribution in [0.2, 0.25) is 10.0 Å². The molecule has 0 fully saturated rings. The molecule has 0 radical (unpaired) electrons. The van der Waals surface area contributed by atoms with Gasteiger partial charge in [0.25, 0.3) is 0 Å². The third-order valence-corrected chi connectivity index (χ3v) is 4.74. The van der Waals surface area contributed by atoms with Crippen LogP contribution in [0.5, 0.6) is 5.75 Å². The molecule has 4 nitrogen and oxygen atoms in total. The van der Waals surface area contributed by atoms with Crippen molar-refractivity contribution in [3.63, 3.8) is 0 Å². The second-order valence-electron chi connectivity index (χ2n) is 6.07. The van der Waals surface area contributed by atoms with Crippen molar-refractivity contribution in [2.24, 2.45) is 0 Å². The average Bonchev–Trinajstić information content (AvgIpc) is 2.70. The van der Waals surface area contributed by atoms with Crippen LogP contribution in [0.1, 0.15) is 11.1 Å². The lowest BCUT2D eigenvalue weighted by Gasteiger charge is -2.15. The lowest BCUT2D eigenvalue weighted by molar-refractivity contribution is -0.139. The Morgan fingerprint density at radius 3 is 2.43 bits per heavy atom. The van der Waals surface area contributed by atoms with Crippen molar-refractivity contribution in [1.82, 2.24) is 0 Å². The normalized spacial score (nSPS) is 10.4. The smallest absolute Gasteiger partial charge is 0.309 e. The molecular formula is C22H19Cl2NO3. The molecule has 1 N–H and O–H groups in total. The van der Waals surface area contributed by atoms with Gasteiger partial charge in [-0.2, -0.15) is 0 Å². The molecule has 0 aliphatic heterocycles. The van der Waals surface area contributed by atoms with Gasteiger partial charge in [0.15, 0.2) is 0 Å². The quantitative estimate of drug-likeness (QED) is 0.478. The molecule has 0 atom stereocenters. The van der Waals surface area contributed by atoms with Gasteiger partial charge < -0.3 is 14.8 Å². The Balaban J connectivity index is 1.74. The highest BCUT2D eigenvalue weighted by atomic mass is 35.5. The van der Waals surface area contributed by atoms with Crippen molar-refractivity contribution in [3.8, 4) is 5.75 Å². The molecule has 144 valence electrons. The van der Waals surface area contributed by atoms with E-state index >= 15 is 0 Å². The predicted octanol–water partition coefficient (Wildman–Crippen LogP) is 6.03. The fourth-order valence-corrected chi connectivity index (χ4v) is 3.16. The van der Waals surface area contributed by atoms with E-state index in [0.29, 0.717) is 28.1 Å². The summed E-state index contributed by atoms with van der Waals surface area (Å²) in [4.78, 5) is 11.5. The van der Waals surface area contributed by atoms with Gasteiger partial charge in [0, 0.05) is 11.3 Å². The SMILES string of the molecule is COC(=O)Cc1cccc(OCc2ccccc2Nc2c(Cl)cccc2Cl)c1. The van der Waals surface area contributed by atoms with Crippen LogP contribution in [0.3, 0.4) is 0 Å². The highest BCUT2D eigenvalue weighted by molar-refractivity contribution is 6.39. The standard InChI is InChI=1S/C22H19Cl2NO3/c1-27-21(26)13-15-6-4-8-17(12-15)28-14-16-7-2-3-11-20(16)25-22-18(23)9-5-10-19(22)24/h2-12,25H,13-14H2,1H3. The van der Waals surface area contributed by atoms with Gasteiger partial charge >= 0.3 is 5.97 Å². The van der Waals surface area contributed by atoms with E-state index in [0.717, 1.165) is 16.8 Å². The maximum absolute atomic E-state index is 11.5. The van der Waals surface area contributed by atoms with E-state index in [1.165, 1.54) is 7.11 Å². The van der Waals surface area contributed by atoms with Gasteiger partial charge in [0.05, 0.1) is 29.3 Å². The molecule has 3 aromatic carbocycles. The Morgan fingerprint density at radius 1 is 0.964 bits per heavy atom. The second-order valence-corrected chi connectivity index (χ2v) is 6.88. The minimum Gasteiger partial charge on any atom is -0.489 e. The number of ether oxygens (including phenoxy) is 2. The summed E-state index contributed by atoms with van der Waals surface area (Å²) in [6.45, 7) is 0.340. The average molecular weight is 416 g/mol. The van der Waals surface area contributed by atoms with E-state index in [1.54, 1.807) is 18.2 Å². The molecule has 0 unspecified atom stereocenters. The first-order valence-corrected chi connectivity index (χ1v) is 9.40. The Labute approximate surface area is 174 Å². The summed E-state index contributed by atoms with van der Waals surface area (Å²) in [5, 5.41) is 4.37. The third kappa shape index (κ3) is 5.18. The first kappa shape index (κ1) is 20.1. The Hall–Kier alpha value is -2.69. The number of rotatable bonds is 7. The van der Waals surface area contributed by atoms with E-state index in [9.17, 15) is 4.79 Å². The minimum atomic E-state index is -0.289. The lowest BCUT2D eigenvalue weighted by atomic mass is 10.1. The Morgan fingerprint density at radius 2 is 1.68 bits per heavy atom. The zero-order chi connectivity index (χ0) is 19.9. The van der Waals surface area contributed by atoms with Gasteiger partial charge in [0.1, 0.15) is 12.4 Å². The van der Waals surface area contributed by atoms with E-state index in [4.69, 9.17) is 32.7 Å². The van der Waals surface area contributed by atoms with Crippen LogP contribution in [-0.2, 0) is 22.6 Å². The summed E-state index contributed by atoms with van der Waals surface area (Å²) in [5.74, 6) is 0.385. The molecule has 0 saturated heterocycles. The molecule has 0 spiro atoms. The molecule has 6 heteroatoms. The molecule has 0 bridgehead atoms. The van der Waals surface area contributed by atoms with Crippen molar-refractivity contribution in [3.05, 3.63) is 87.9 Å². The number of halogens is 2. The number of anilines is 2. The third-order valence-electron chi connectivity index (χ3n) is 4.11. The van der Waals surface area contributed by atoms with E-state index < -0.39 is 0 Å². The second kappa shape index (κ2) is 9.49. The summed E-state index contributed by atoms with van der Waals surface area (Å²) in [7, 11) is 1.37. The van der Waals surface area contributed by atoms with E-state index in [2.05, 4.69) is 5.32 Å². The maximum Gasteiger partial charge on any atom is 0.309 e. The van der Waals surface area contributed by atoms with E-state index in [1.807, 2.05) is 48.5 Å². The number of carbonyl (C=O) groups excluding carboxylic acids is 1. The number of para-hydroxylation sites is 2. The number of hydrogen-bond acceptors (Lipinski definition) is 4. The molecule has 3 aromatic rings. The van der Waals surface area contributed by atoms with E-state index in [-0.39, 0.29) is 12.4 Å². The van der Waals surface area contributed by atoms with Gasteiger partial charge in [-0.3, -0.25) is 4.79 Å². The molecular weight excluding hydrogens is 397 g/mol. The van der Waals surface area contributed by atoms with Gasteiger partial charge in [-0.25, -0.2) is 0 Å². The summed E-state index contributed by atoms with van der Waals surface area (Å²) < 4.78 is 10.6. The van der Waals surface area contributed by atoms with Crippen LogP contribution in [0.25, 0.3) is 0 Å². The summed E-state index contributed by atoms with van der Waals surface area (Å²) in [6, 6.07) is 20.5. The first-order valence-electron chi connectivity index (χ1n) is 8.64. The Kier molecular flexibility index (Phi) is 6.80. The summed E-state index contributed by atoms with van der Waals surface area (Å²) in [5.41, 5.74) is 3.28. The molecule has 0 saturated carbocycles. The van der Waals surface area contributed by atoms with Crippen LogP contribution in [0.15, 0.2) is 66.7 Å². The lowest BCUT2D eigenvalue weighted by Crippen LogP contribution is -2.05. The number of hydrogen-bond donors (Lipinski definition) is 1. The highest BCUT2D eigenvalue weighted by Crippen LogP contribution is 2.33. The first-order chi connectivity index (χ1) is 13.6. The number of esters is 1. The zero-order valence-corrected chi connectivity index (χ0v) is 16.8. The molecule has 0 heterocycles. The van der Waals surface area contributed by atoms with Gasteiger partial charge in [-0.05, 0) is 35.9 Å². The van der Waals surface area contributed by atoms with Crippen LogP contribution in [0.4, 0.5) is 11.4 Å². The van der Waals surface area contributed by atoms with Crippen LogP contribution in [-0.4, -0.2) is 13.1 Å². The monoisotopic (exact) mass is 415 g/mol. The van der Waals surface area contributed by atoms with Crippen molar-refractivity contribution >= 4 is 40.5 Å². The topological polar surface area (TPSA) is 47.6 Å². The summed E-state index contributed by atoms with van der Waals surface area (Å²) in [6.07, 6.45) is 0.205. The van der Waals surface area contributed by atoms with Gasteiger partial charge in [0.2, 0.25) is 0 Å². The van der Waals surface area contributed by atoms with Crippen LogP contribution >= 0.6 is 23.2 Å². The molecule has 0 aliphatic carbocycles. The highest BCUT2D eigenvalue weighted by Gasteiger charge is 2.10. The molecule has 3 rings (SSSR count).